The average molecular weight is 255 g/mol. The first-order valence-corrected chi connectivity index (χ1v) is 7.36. The molecule has 1 aromatic carbocycles. The van der Waals surface area contributed by atoms with Gasteiger partial charge in [0.15, 0.2) is 0 Å². The normalized spacial score (nSPS) is 12.7. The van der Waals surface area contributed by atoms with Gasteiger partial charge in [-0.3, -0.25) is 0 Å². The van der Waals surface area contributed by atoms with E-state index in [9.17, 15) is 8.42 Å². The summed E-state index contributed by atoms with van der Waals surface area (Å²) < 4.78 is 27.0. The molecule has 17 heavy (non-hydrogen) atoms. The third kappa shape index (κ3) is 4.13. The molecule has 0 saturated heterocycles. The van der Waals surface area contributed by atoms with Crippen LogP contribution in [0.4, 0.5) is 0 Å². The van der Waals surface area contributed by atoms with Gasteiger partial charge in [0, 0.05) is 5.54 Å². The van der Waals surface area contributed by atoms with Crippen molar-refractivity contribution in [3.05, 3.63) is 29.8 Å². The van der Waals surface area contributed by atoms with Crippen LogP contribution in [0, 0.1) is 6.92 Å². The number of nitrogens with one attached hydrogen (secondary N) is 1. The van der Waals surface area contributed by atoms with Gasteiger partial charge in [-0.1, -0.05) is 31.0 Å². The number of hydrogen-bond donors (Lipinski definition) is 1. The highest BCUT2D eigenvalue weighted by Gasteiger charge is 2.25. The van der Waals surface area contributed by atoms with Crippen LogP contribution in [0.2, 0.25) is 0 Å². The molecule has 4 heteroatoms. The van der Waals surface area contributed by atoms with Crippen molar-refractivity contribution < 1.29 is 8.42 Å². The van der Waals surface area contributed by atoms with E-state index in [0.717, 1.165) is 18.4 Å². The highest BCUT2D eigenvalue weighted by molar-refractivity contribution is 7.89. The van der Waals surface area contributed by atoms with Crippen molar-refractivity contribution in [2.45, 2.75) is 51.0 Å². The van der Waals surface area contributed by atoms with Crippen molar-refractivity contribution in [1.82, 2.24) is 4.72 Å². The third-order valence-electron chi connectivity index (χ3n) is 2.62. The van der Waals surface area contributed by atoms with Gasteiger partial charge in [-0.25, -0.2) is 13.1 Å². The predicted octanol–water partition coefficient (Wildman–Crippen LogP) is 2.85. The summed E-state index contributed by atoms with van der Waals surface area (Å²) in [4.78, 5) is 0.326. The number of hydrogen-bond acceptors (Lipinski definition) is 2. The Morgan fingerprint density at radius 2 is 1.71 bits per heavy atom. The summed E-state index contributed by atoms with van der Waals surface area (Å²) in [6, 6.07) is 6.89. The molecule has 3 nitrogen and oxygen atoms in total. The first-order valence-electron chi connectivity index (χ1n) is 5.87. The number of rotatable bonds is 5. The van der Waals surface area contributed by atoms with Crippen molar-refractivity contribution in [3.63, 3.8) is 0 Å². The summed E-state index contributed by atoms with van der Waals surface area (Å²) in [6.45, 7) is 7.79. The van der Waals surface area contributed by atoms with Gasteiger partial charge in [0.1, 0.15) is 0 Å². The lowest BCUT2D eigenvalue weighted by molar-refractivity contribution is 0.418. The van der Waals surface area contributed by atoms with Crippen LogP contribution in [0.5, 0.6) is 0 Å². The minimum atomic E-state index is -3.41. The Labute approximate surface area is 104 Å². The van der Waals surface area contributed by atoms with Crippen LogP contribution in [-0.4, -0.2) is 14.0 Å². The Balaban J connectivity index is 2.93. The van der Waals surface area contributed by atoms with Gasteiger partial charge in [-0.2, -0.15) is 0 Å². The summed E-state index contributed by atoms with van der Waals surface area (Å²) in [5.74, 6) is 0. The Kier molecular flexibility index (Phi) is 4.33. The second-order valence-corrected chi connectivity index (χ2v) is 6.73. The summed E-state index contributed by atoms with van der Waals surface area (Å²) in [7, 11) is -3.41. The summed E-state index contributed by atoms with van der Waals surface area (Å²) in [5.41, 5.74) is 0.648. The van der Waals surface area contributed by atoms with Crippen LogP contribution < -0.4 is 4.72 Å². The lowest BCUT2D eigenvalue weighted by Gasteiger charge is -2.25. The van der Waals surface area contributed by atoms with Crippen LogP contribution in [0.1, 0.15) is 39.2 Å². The Bertz CT molecular complexity index is 461. The van der Waals surface area contributed by atoms with E-state index in [2.05, 4.69) is 4.72 Å². The molecule has 0 bridgehead atoms. The highest BCUT2D eigenvalue weighted by Crippen LogP contribution is 2.17. The van der Waals surface area contributed by atoms with E-state index in [0.29, 0.717) is 4.90 Å². The van der Waals surface area contributed by atoms with Crippen LogP contribution in [-0.2, 0) is 10.0 Å². The maximum atomic E-state index is 12.1. The number of aryl methyl sites for hydroxylation is 1. The predicted molar refractivity (Wildman–Crippen MR) is 70.5 cm³/mol. The van der Waals surface area contributed by atoms with Crippen molar-refractivity contribution >= 4 is 10.0 Å². The molecule has 0 atom stereocenters. The molecule has 0 spiro atoms. The van der Waals surface area contributed by atoms with Gasteiger partial charge in [-0.15, -0.1) is 0 Å². The minimum absolute atomic E-state index is 0.326. The van der Waals surface area contributed by atoms with E-state index in [-0.39, 0.29) is 0 Å². The molecular formula is C13H21NO2S. The zero-order valence-electron chi connectivity index (χ0n) is 10.9. The molecule has 1 aromatic rings. The second-order valence-electron chi connectivity index (χ2n) is 5.05. The topological polar surface area (TPSA) is 46.2 Å². The lowest BCUT2D eigenvalue weighted by Crippen LogP contribution is -2.43. The molecule has 0 aromatic heterocycles. The molecule has 0 aliphatic rings. The molecule has 0 fully saturated rings. The molecule has 0 aliphatic heterocycles. The van der Waals surface area contributed by atoms with Crippen molar-refractivity contribution in [1.29, 1.82) is 0 Å². The fraction of sp³-hybridized carbons (Fsp3) is 0.538. The molecule has 1 rings (SSSR count). The monoisotopic (exact) mass is 255 g/mol. The van der Waals surface area contributed by atoms with Crippen LogP contribution >= 0.6 is 0 Å². The summed E-state index contributed by atoms with van der Waals surface area (Å²) in [6.07, 6.45) is 1.77. The molecule has 0 radical (unpaired) electrons. The van der Waals surface area contributed by atoms with E-state index >= 15 is 0 Å². The molecule has 1 N–H and O–H groups in total. The Morgan fingerprint density at radius 3 is 2.18 bits per heavy atom. The van der Waals surface area contributed by atoms with Crippen molar-refractivity contribution in [2.75, 3.05) is 0 Å². The van der Waals surface area contributed by atoms with Gasteiger partial charge >= 0.3 is 0 Å². The molecule has 0 aliphatic carbocycles. The van der Waals surface area contributed by atoms with E-state index in [4.69, 9.17) is 0 Å². The smallest absolute Gasteiger partial charge is 0.207 e. The van der Waals surface area contributed by atoms with Gasteiger partial charge in [-0.05, 0) is 39.3 Å². The van der Waals surface area contributed by atoms with Crippen LogP contribution in [0.15, 0.2) is 29.2 Å². The molecule has 0 saturated carbocycles. The summed E-state index contributed by atoms with van der Waals surface area (Å²) in [5, 5.41) is 0. The molecule has 96 valence electrons. The van der Waals surface area contributed by atoms with E-state index in [1.54, 1.807) is 24.3 Å². The zero-order valence-corrected chi connectivity index (χ0v) is 11.8. The minimum Gasteiger partial charge on any atom is -0.207 e. The van der Waals surface area contributed by atoms with Gasteiger partial charge in [0.05, 0.1) is 4.90 Å². The Hall–Kier alpha value is -0.870. The second kappa shape index (κ2) is 5.19. The molecule has 0 unspecified atom stereocenters. The maximum absolute atomic E-state index is 12.1. The van der Waals surface area contributed by atoms with Crippen molar-refractivity contribution in [2.24, 2.45) is 0 Å². The zero-order chi connectivity index (χ0) is 13.1. The highest BCUT2D eigenvalue weighted by atomic mass is 32.2. The quantitative estimate of drug-likeness (QED) is 0.879. The fourth-order valence-electron chi connectivity index (χ4n) is 1.82. The fourth-order valence-corrected chi connectivity index (χ4v) is 3.26. The van der Waals surface area contributed by atoms with Crippen LogP contribution in [0.3, 0.4) is 0 Å². The van der Waals surface area contributed by atoms with E-state index in [1.165, 1.54) is 0 Å². The van der Waals surface area contributed by atoms with Crippen LogP contribution in [0.25, 0.3) is 0 Å². The van der Waals surface area contributed by atoms with E-state index in [1.807, 2.05) is 27.7 Å². The SMILES string of the molecule is CCCC(C)(C)NS(=O)(=O)c1ccc(C)cc1. The number of benzene rings is 1. The number of sulfonamides is 1. The van der Waals surface area contributed by atoms with E-state index < -0.39 is 15.6 Å². The van der Waals surface area contributed by atoms with Gasteiger partial charge in [0.2, 0.25) is 10.0 Å². The molecular weight excluding hydrogens is 234 g/mol. The van der Waals surface area contributed by atoms with Gasteiger partial charge < -0.3 is 0 Å². The van der Waals surface area contributed by atoms with Crippen molar-refractivity contribution in [3.8, 4) is 0 Å². The standard InChI is InChI=1S/C13H21NO2S/c1-5-10-13(3,4)14-17(15,16)12-8-6-11(2)7-9-12/h6-9,14H,5,10H2,1-4H3. The first-order chi connectivity index (χ1) is 7.77. The summed E-state index contributed by atoms with van der Waals surface area (Å²) >= 11 is 0. The Morgan fingerprint density at radius 1 is 1.18 bits per heavy atom. The van der Waals surface area contributed by atoms with Gasteiger partial charge in [0.25, 0.3) is 0 Å². The average Bonchev–Trinajstić information content (AvgIpc) is 2.16. The third-order valence-corrected chi connectivity index (χ3v) is 4.33. The molecule has 0 amide bonds. The lowest BCUT2D eigenvalue weighted by atomic mass is 10.0. The largest absolute Gasteiger partial charge is 0.241 e. The molecule has 0 heterocycles. The maximum Gasteiger partial charge on any atom is 0.241 e. The first kappa shape index (κ1) is 14.2.